The Morgan fingerprint density at radius 3 is 2.53 bits per heavy atom. The molecule has 2 aromatic carbocycles. The number of carbonyl (C=O) groups excluding carboxylic acids is 2. The van der Waals surface area contributed by atoms with Gasteiger partial charge in [0.25, 0.3) is 0 Å². The quantitative estimate of drug-likeness (QED) is 0.619. The maximum atomic E-state index is 12.8. The number of para-hydroxylation sites is 1. The Morgan fingerprint density at radius 1 is 1.09 bits per heavy atom. The van der Waals surface area contributed by atoms with Gasteiger partial charge in [0.15, 0.2) is 0 Å². The molecule has 0 spiro atoms. The number of methoxy groups -OCH3 is 1. The van der Waals surface area contributed by atoms with Gasteiger partial charge in [-0.05, 0) is 47.9 Å². The van der Waals surface area contributed by atoms with Crippen molar-refractivity contribution in [2.24, 2.45) is 0 Å². The van der Waals surface area contributed by atoms with E-state index in [1.165, 1.54) is 4.90 Å². The van der Waals surface area contributed by atoms with E-state index in [1.807, 2.05) is 42.5 Å². The van der Waals surface area contributed by atoms with Gasteiger partial charge < -0.3 is 24.3 Å². The lowest BCUT2D eigenvalue weighted by Gasteiger charge is -2.28. The molecule has 1 fully saturated rings. The lowest BCUT2D eigenvalue weighted by Crippen LogP contribution is -2.46. The molecule has 4 rings (SSSR count). The SMILES string of the molecule is COc1ccc(-c2[nH]c3ccccc3c2CCC(=O)N(C)CC(=O)N2CCOCC2)cc1. The third-order valence-electron chi connectivity index (χ3n) is 5.94. The molecule has 2 amide bonds. The molecule has 7 heteroatoms. The van der Waals surface area contributed by atoms with E-state index in [-0.39, 0.29) is 18.4 Å². The number of fused-ring (bicyclic) bond motifs is 1. The molecule has 32 heavy (non-hydrogen) atoms. The van der Waals surface area contributed by atoms with Gasteiger partial charge in [-0.25, -0.2) is 0 Å². The van der Waals surface area contributed by atoms with Gasteiger partial charge in [0.2, 0.25) is 11.8 Å². The highest BCUT2D eigenvalue weighted by Crippen LogP contribution is 2.32. The van der Waals surface area contributed by atoms with E-state index in [1.54, 1.807) is 19.1 Å². The van der Waals surface area contributed by atoms with E-state index < -0.39 is 0 Å². The van der Waals surface area contributed by atoms with Crippen LogP contribution in [0.15, 0.2) is 48.5 Å². The minimum Gasteiger partial charge on any atom is -0.497 e. The van der Waals surface area contributed by atoms with Crippen LogP contribution in [0.25, 0.3) is 22.2 Å². The predicted molar refractivity (Wildman–Crippen MR) is 124 cm³/mol. The van der Waals surface area contributed by atoms with Gasteiger partial charge >= 0.3 is 0 Å². The number of aromatic nitrogens is 1. The summed E-state index contributed by atoms with van der Waals surface area (Å²) >= 11 is 0. The van der Waals surface area contributed by atoms with Crippen LogP contribution in [-0.4, -0.2) is 73.6 Å². The van der Waals surface area contributed by atoms with Gasteiger partial charge in [0.1, 0.15) is 5.75 Å². The van der Waals surface area contributed by atoms with Crippen molar-refractivity contribution in [2.75, 3.05) is 47.0 Å². The minimum absolute atomic E-state index is 0.0323. The van der Waals surface area contributed by atoms with Crippen molar-refractivity contribution in [3.8, 4) is 17.0 Å². The first kappa shape index (κ1) is 21.9. The van der Waals surface area contributed by atoms with Crippen LogP contribution < -0.4 is 4.74 Å². The van der Waals surface area contributed by atoms with Crippen molar-refractivity contribution in [1.82, 2.24) is 14.8 Å². The van der Waals surface area contributed by atoms with Crippen LogP contribution in [0.4, 0.5) is 0 Å². The number of benzene rings is 2. The van der Waals surface area contributed by atoms with Crippen LogP contribution in [0.2, 0.25) is 0 Å². The normalized spacial score (nSPS) is 13.9. The lowest BCUT2D eigenvalue weighted by atomic mass is 10.0. The number of ether oxygens (including phenoxy) is 2. The smallest absolute Gasteiger partial charge is 0.242 e. The fraction of sp³-hybridized carbons (Fsp3) is 0.360. The second-order valence-corrected chi connectivity index (χ2v) is 8.00. The first-order chi connectivity index (χ1) is 15.6. The van der Waals surface area contributed by atoms with Gasteiger partial charge in [0.05, 0.1) is 26.9 Å². The summed E-state index contributed by atoms with van der Waals surface area (Å²) < 4.78 is 10.6. The molecule has 0 bridgehead atoms. The first-order valence-corrected chi connectivity index (χ1v) is 10.9. The van der Waals surface area contributed by atoms with Gasteiger partial charge in [-0.1, -0.05) is 18.2 Å². The standard InChI is InChI=1S/C25H29N3O4/c1-27(17-24(30)28-13-15-32-16-14-28)23(29)12-11-21-20-5-3-4-6-22(20)26-25(21)18-7-9-19(31-2)10-8-18/h3-10,26H,11-17H2,1-2H3. The van der Waals surface area contributed by atoms with Gasteiger partial charge in [0, 0.05) is 43.2 Å². The van der Waals surface area contributed by atoms with Crippen LogP contribution >= 0.6 is 0 Å². The number of likely N-dealkylation sites (N-methyl/N-ethyl adjacent to an activating group) is 1. The zero-order valence-corrected chi connectivity index (χ0v) is 18.6. The number of rotatable bonds is 7. The number of aryl methyl sites for hydroxylation is 1. The molecule has 1 aliphatic heterocycles. The summed E-state index contributed by atoms with van der Waals surface area (Å²) in [6.07, 6.45) is 0.915. The Hall–Kier alpha value is -3.32. The van der Waals surface area contributed by atoms with Crippen LogP contribution in [0.5, 0.6) is 5.75 Å². The average Bonchev–Trinajstić information content (AvgIpc) is 3.21. The Morgan fingerprint density at radius 2 is 1.81 bits per heavy atom. The van der Waals surface area contributed by atoms with Gasteiger partial charge in [-0.15, -0.1) is 0 Å². The Bertz CT molecular complexity index is 1080. The van der Waals surface area contributed by atoms with E-state index in [9.17, 15) is 9.59 Å². The number of morpholine rings is 1. The summed E-state index contributed by atoms with van der Waals surface area (Å²) in [7, 11) is 3.34. The van der Waals surface area contributed by atoms with Crippen LogP contribution in [0, 0.1) is 0 Å². The molecule has 0 unspecified atom stereocenters. The monoisotopic (exact) mass is 435 g/mol. The molecule has 1 saturated heterocycles. The van der Waals surface area contributed by atoms with E-state index in [0.717, 1.165) is 33.5 Å². The number of H-pyrrole nitrogens is 1. The number of nitrogens with one attached hydrogen (secondary N) is 1. The summed E-state index contributed by atoms with van der Waals surface area (Å²) in [5.41, 5.74) is 4.19. The zero-order chi connectivity index (χ0) is 22.5. The van der Waals surface area contributed by atoms with Crippen molar-refractivity contribution in [3.63, 3.8) is 0 Å². The molecular weight excluding hydrogens is 406 g/mol. The Kier molecular flexibility index (Phi) is 6.75. The lowest BCUT2D eigenvalue weighted by molar-refractivity contribution is -0.141. The third kappa shape index (κ3) is 4.78. The first-order valence-electron chi connectivity index (χ1n) is 10.9. The summed E-state index contributed by atoms with van der Waals surface area (Å²) in [6.45, 7) is 2.37. The molecule has 0 atom stereocenters. The van der Waals surface area contributed by atoms with Gasteiger partial charge in [-0.2, -0.15) is 0 Å². The molecule has 2 heterocycles. The fourth-order valence-corrected chi connectivity index (χ4v) is 4.09. The molecule has 168 valence electrons. The predicted octanol–water partition coefficient (Wildman–Crippen LogP) is 3.09. The Balaban J connectivity index is 1.48. The molecule has 1 aromatic heterocycles. The maximum absolute atomic E-state index is 12.8. The summed E-state index contributed by atoms with van der Waals surface area (Å²) in [6, 6.07) is 16.0. The highest BCUT2D eigenvalue weighted by molar-refractivity contribution is 5.92. The summed E-state index contributed by atoms with van der Waals surface area (Å²) in [5.74, 6) is 0.723. The van der Waals surface area contributed by atoms with E-state index in [0.29, 0.717) is 39.1 Å². The second-order valence-electron chi connectivity index (χ2n) is 8.00. The highest BCUT2D eigenvalue weighted by Gasteiger charge is 2.21. The van der Waals surface area contributed by atoms with Crippen molar-refractivity contribution in [2.45, 2.75) is 12.8 Å². The number of hydrogen-bond acceptors (Lipinski definition) is 4. The maximum Gasteiger partial charge on any atom is 0.242 e. The molecular formula is C25H29N3O4. The van der Waals surface area contributed by atoms with E-state index in [2.05, 4.69) is 11.1 Å². The number of amides is 2. The molecule has 7 nitrogen and oxygen atoms in total. The number of aromatic amines is 1. The second kappa shape index (κ2) is 9.87. The van der Waals surface area contributed by atoms with Crippen molar-refractivity contribution < 1.29 is 19.1 Å². The summed E-state index contributed by atoms with van der Waals surface area (Å²) in [4.78, 5) is 32.1. The largest absolute Gasteiger partial charge is 0.497 e. The number of nitrogens with zero attached hydrogens (tertiary/aromatic N) is 2. The minimum atomic E-state index is -0.0439. The molecule has 3 aromatic rings. The Labute approximate surface area is 187 Å². The van der Waals surface area contributed by atoms with Crippen molar-refractivity contribution in [3.05, 3.63) is 54.1 Å². The third-order valence-corrected chi connectivity index (χ3v) is 5.94. The zero-order valence-electron chi connectivity index (χ0n) is 18.6. The van der Waals surface area contributed by atoms with E-state index in [4.69, 9.17) is 9.47 Å². The van der Waals surface area contributed by atoms with Crippen LogP contribution in [-0.2, 0) is 20.7 Å². The topological polar surface area (TPSA) is 74.9 Å². The van der Waals surface area contributed by atoms with Crippen molar-refractivity contribution in [1.29, 1.82) is 0 Å². The molecule has 0 aliphatic carbocycles. The van der Waals surface area contributed by atoms with Crippen molar-refractivity contribution >= 4 is 22.7 Å². The molecule has 1 aliphatic rings. The average molecular weight is 436 g/mol. The fourth-order valence-electron chi connectivity index (χ4n) is 4.09. The highest BCUT2D eigenvalue weighted by atomic mass is 16.5. The number of hydrogen-bond donors (Lipinski definition) is 1. The molecule has 0 saturated carbocycles. The molecule has 1 N–H and O–H groups in total. The van der Waals surface area contributed by atoms with Gasteiger partial charge in [-0.3, -0.25) is 9.59 Å². The van der Waals surface area contributed by atoms with Crippen LogP contribution in [0.1, 0.15) is 12.0 Å². The van der Waals surface area contributed by atoms with E-state index >= 15 is 0 Å². The summed E-state index contributed by atoms with van der Waals surface area (Å²) in [5, 5.41) is 1.11. The number of carbonyl (C=O) groups is 2. The van der Waals surface area contributed by atoms with Crippen LogP contribution in [0.3, 0.4) is 0 Å². The molecule has 0 radical (unpaired) electrons.